The molecule has 1 amide bonds. The van der Waals surface area contributed by atoms with E-state index in [0.717, 1.165) is 9.21 Å². The number of nitrogens with one attached hydrogen (secondary N) is 2. The first-order chi connectivity index (χ1) is 7.54. The first-order valence-electron chi connectivity index (χ1n) is 5.24. The number of rotatable bonds is 5. The number of hydrogen-bond donors (Lipinski definition) is 2. The Morgan fingerprint density at radius 3 is 2.59 bits per heavy atom. The van der Waals surface area contributed by atoms with Gasteiger partial charge in [-0.05, 0) is 26.1 Å². The van der Waals surface area contributed by atoms with Gasteiger partial charge in [0.2, 0.25) is 5.91 Å². The number of hydrogen-bond acceptors (Lipinski definition) is 3. The second-order valence-corrected chi connectivity index (χ2v) is 5.58. The summed E-state index contributed by atoms with van der Waals surface area (Å²) >= 11 is 7.35. The molecule has 1 aromatic rings. The summed E-state index contributed by atoms with van der Waals surface area (Å²) < 4.78 is 0.749. The zero-order valence-electron chi connectivity index (χ0n) is 10.1. The van der Waals surface area contributed by atoms with Crippen molar-refractivity contribution in [2.24, 2.45) is 5.92 Å². The second-order valence-electron chi connectivity index (χ2n) is 3.83. The third-order valence-corrected chi connectivity index (χ3v) is 3.75. The first kappa shape index (κ1) is 16.7. The summed E-state index contributed by atoms with van der Waals surface area (Å²) in [7, 11) is 1.84. The Balaban J connectivity index is 0.00000256. The van der Waals surface area contributed by atoms with E-state index in [4.69, 9.17) is 11.6 Å². The molecule has 1 aromatic heterocycles. The van der Waals surface area contributed by atoms with Gasteiger partial charge in [0.1, 0.15) is 0 Å². The number of amides is 1. The zero-order chi connectivity index (χ0) is 12.1. The van der Waals surface area contributed by atoms with Crippen LogP contribution in [0.25, 0.3) is 0 Å². The van der Waals surface area contributed by atoms with Crippen molar-refractivity contribution in [1.29, 1.82) is 0 Å². The average molecular weight is 297 g/mol. The molecular weight excluding hydrogens is 279 g/mol. The first-order valence-corrected chi connectivity index (χ1v) is 6.44. The average Bonchev–Trinajstić information content (AvgIpc) is 2.65. The van der Waals surface area contributed by atoms with Gasteiger partial charge in [0.25, 0.3) is 0 Å². The van der Waals surface area contributed by atoms with Crippen LogP contribution in [-0.4, -0.2) is 19.5 Å². The van der Waals surface area contributed by atoms with Gasteiger partial charge in [-0.25, -0.2) is 0 Å². The van der Waals surface area contributed by atoms with Crippen LogP contribution < -0.4 is 10.6 Å². The lowest BCUT2D eigenvalue weighted by molar-refractivity contribution is -0.125. The van der Waals surface area contributed by atoms with E-state index in [2.05, 4.69) is 10.6 Å². The predicted octanol–water partition coefficient (Wildman–Crippen LogP) is 2.86. The number of thiophene rings is 1. The van der Waals surface area contributed by atoms with Crippen LogP contribution in [0.5, 0.6) is 0 Å². The molecule has 0 aromatic carbocycles. The zero-order valence-corrected chi connectivity index (χ0v) is 12.5. The Morgan fingerprint density at radius 2 is 2.12 bits per heavy atom. The lowest BCUT2D eigenvalue weighted by Crippen LogP contribution is -2.35. The highest BCUT2D eigenvalue weighted by molar-refractivity contribution is 7.16. The molecular formula is C11H18Cl2N2OS. The van der Waals surface area contributed by atoms with Gasteiger partial charge in [-0.1, -0.05) is 18.5 Å². The van der Waals surface area contributed by atoms with Gasteiger partial charge >= 0.3 is 0 Å². The fourth-order valence-corrected chi connectivity index (χ4v) is 2.45. The van der Waals surface area contributed by atoms with Crippen molar-refractivity contribution in [3.8, 4) is 0 Å². The minimum Gasteiger partial charge on any atom is -0.348 e. The van der Waals surface area contributed by atoms with E-state index in [9.17, 15) is 4.79 Å². The summed E-state index contributed by atoms with van der Waals surface area (Å²) in [5.41, 5.74) is 0. The molecule has 1 rings (SSSR count). The van der Waals surface area contributed by atoms with Gasteiger partial charge < -0.3 is 10.6 Å². The predicted molar refractivity (Wildman–Crippen MR) is 76.2 cm³/mol. The lowest BCUT2D eigenvalue weighted by atomic mass is 10.1. The molecule has 0 aliphatic heterocycles. The fraction of sp³-hybridized carbons (Fsp3) is 0.545. The Bertz CT molecular complexity index is 357. The summed E-state index contributed by atoms with van der Waals surface area (Å²) in [6.45, 7) is 4.55. The van der Waals surface area contributed by atoms with Crippen molar-refractivity contribution in [3.63, 3.8) is 0 Å². The molecule has 0 bridgehead atoms. The standard InChI is InChI=1S/C11H17ClN2OS.ClH/c1-7(6-13-3)11(15)14-8(2)9-4-5-10(12)16-9;/h4-5,7-8,13H,6H2,1-3H3,(H,14,15);1H. The van der Waals surface area contributed by atoms with Crippen LogP contribution in [-0.2, 0) is 4.79 Å². The summed E-state index contributed by atoms with van der Waals surface area (Å²) in [5.74, 6) is 0.0363. The molecule has 0 fully saturated rings. The summed E-state index contributed by atoms with van der Waals surface area (Å²) in [6.07, 6.45) is 0. The van der Waals surface area contributed by atoms with Crippen LogP contribution >= 0.6 is 35.3 Å². The molecule has 17 heavy (non-hydrogen) atoms. The minimum absolute atomic E-state index is 0. The van der Waals surface area contributed by atoms with Crippen molar-refractivity contribution in [2.45, 2.75) is 19.9 Å². The molecule has 0 saturated carbocycles. The highest BCUT2D eigenvalue weighted by atomic mass is 35.5. The summed E-state index contributed by atoms with van der Waals surface area (Å²) in [4.78, 5) is 12.8. The van der Waals surface area contributed by atoms with Gasteiger partial charge in [-0.2, -0.15) is 0 Å². The van der Waals surface area contributed by atoms with Crippen LogP contribution in [0, 0.1) is 5.92 Å². The van der Waals surface area contributed by atoms with Crippen molar-refractivity contribution >= 4 is 41.3 Å². The number of carbonyl (C=O) groups excluding carboxylic acids is 1. The van der Waals surface area contributed by atoms with Gasteiger partial charge in [-0.3, -0.25) is 4.79 Å². The normalized spacial score (nSPS) is 13.6. The smallest absolute Gasteiger partial charge is 0.224 e. The van der Waals surface area contributed by atoms with Crippen molar-refractivity contribution in [2.75, 3.05) is 13.6 Å². The van der Waals surface area contributed by atoms with Crippen LogP contribution in [0.1, 0.15) is 24.8 Å². The quantitative estimate of drug-likeness (QED) is 0.877. The highest BCUT2D eigenvalue weighted by Gasteiger charge is 2.16. The highest BCUT2D eigenvalue weighted by Crippen LogP contribution is 2.26. The van der Waals surface area contributed by atoms with E-state index >= 15 is 0 Å². The largest absolute Gasteiger partial charge is 0.348 e. The molecule has 98 valence electrons. The Labute approximate surface area is 117 Å². The Kier molecular flexibility index (Phi) is 7.79. The van der Waals surface area contributed by atoms with Crippen LogP contribution in [0.3, 0.4) is 0 Å². The topological polar surface area (TPSA) is 41.1 Å². The van der Waals surface area contributed by atoms with E-state index in [1.165, 1.54) is 11.3 Å². The molecule has 0 spiro atoms. The van der Waals surface area contributed by atoms with E-state index < -0.39 is 0 Å². The molecule has 2 N–H and O–H groups in total. The molecule has 0 aliphatic rings. The van der Waals surface area contributed by atoms with Crippen LogP contribution in [0.4, 0.5) is 0 Å². The van der Waals surface area contributed by atoms with Crippen molar-refractivity contribution in [1.82, 2.24) is 10.6 Å². The monoisotopic (exact) mass is 296 g/mol. The molecule has 0 aliphatic carbocycles. The minimum atomic E-state index is -0.0251. The van der Waals surface area contributed by atoms with Gasteiger partial charge in [0.15, 0.2) is 0 Å². The number of carbonyl (C=O) groups is 1. The van der Waals surface area contributed by atoms with Gasteiger partial charge in [-0.15, -0.1) is 23.7 Å². The van der Waals surface area contributed by atoms with Crippen molar-refractivity contribution in [3.05, 3.63) is 21.3 Å². The lowest BCUT2D eigenvalue weighted by Gasteiger charge is -2.16. The van der Waals surface area contributed by atoms with Gasteiger partial charge in [0.05, 0.1) is 10.4 Å². The second kappa shape index (κ2) is 7.93. The SMILES string of the molecule is CNCC(C)C(=O)NC(C)c1ccc(Cl)s1.Cl. The third-order valence-electron chi connectivity index (χ3n) is 2.34. The summed E-state index contributed by atoms with van der Waals surface area (Å²) in [5, 5.41) is 5.95. The molecule has 2 unspecified atom stereocenters. The number of halogens is 2. The molecule has 3 nitrogen and oxygen atoms in total. The maximum atomic E-state index is 11.7. The Hall–Kier alpha value is -0.290. The molecule has 0 radical (unpaired) electrons. The Morgan fingerprint density at radius 1 is 1.47 bits per heavy atom. The fourth-order valence-electron chi connectivity index (χ4n) is 1.39. The summed E-state index contributed by atoms with van der Waals surface area (Å²) in [6, 6.07) is 3.81. The molecule has 2 atom stereocenters. The molecule has 1 heterocycles. The van der Waals surface area contributed by atoms with Crippen molar-refractivity contribution < 1.29 is 4.79 Å². The van der Waals surface area contributed by atoms with Crippen LogP contribution in [0.15, 0.2) is 12.1 Å². The van der Waals surface area contributed by atoms with Gasteiger partial charge in [0, 0.05) is 17.3 Å². The van der Waals surface area contributed by atoms with E-state index in [1.807, 2.05) is 33.0 Å². The maximum Gasteiger partial charge on any atom is 0.224 e. The molecule has 6 heteroatoms. The van der Waals surface area contributed by atoms with Crippen LogP contribution in [0.2, 0.25) is 4.34 Å². The maximum absolute atomic E-state index is 11.7. The molecule has 0 saturated heterocycles. The van der Waals surface area contributed by atoms with E-state index in [1.54, 1.807) is 0 Å². The van der Waals surface area contributed by atoms with E-state index in [0.29, 0.717) is 6.54 Å². The van der Waals surface area contributed by atoms with E-state index in [-0.39, 0.29) is 30.3 Å². The third kappa shape index (κ3) is 5.25.